The molecule has 3 N–H and O–H groups in total. The van der Waals surface area contributed by atoms with Crippen molar-refractivity contribution in [3.8, 4) is 0 Å². The van der Waals surface area contributed by atoms with E-state index in [1.807, 2.05) is 6.07 Å². The number of hydrogen-bond acceptors (Lipinski definition) is 3. The molecule has 2 rings (SSSR count). The molecule has 0 amide bonds. The predicted molar refractivity (Wildman–Crippen MR) is 60.3 cm³/mol. The number of nitrogens with one attached hydrogen (secondary N) is 1. The maximum absolute atomic E-state index is 5.65. The summed E-state index contributed by atoms with van der Waals surface area (Å²) < 4.78 is 0. The van der Waals surface area contributed by atoms with Gasteiger partial charge in [-0.05, 0) is 17.5 Å². The quantitative estimate of drug-likeness (QED) is 0.798. The summed E-state index contributed by atoms with van der Waals surface area (Å²) in [6, 6.07) is 1.93. The minimum absolute atomic E-state index is 0.516. The third kappa shape index (κ3) is 1.99. The fourth-order valence-electron chi connectivity index (χ4n) is 1.66. The minimum atomic E-state index is 0.516. The highest BCUT2D eigenvalue weighted by atomic mass is 15.0. The van der Waals surface area contributed by atoms with Gasteiger partial charge in [-0.1, -0.05) is 13.8 Å². The third-order valence-corrected chi connectivity index (χ3v) is 2.35. The Kier molecular flexibility index (Phi) is 2.68. The van der Waals surface area contributed by atoms with Crippen LogP contribution in [0.1, 0.15) is 25.2 Å². The van der Waals surface area contributed by atoms with Gasteiger partial charge in [0.25, 0.3) is 0 Å². The molecule has 0 fully saturated rings. The smallest absolute Gasteiger partial charge is 0.178 e. The number of aromatic nitrogens is 3. The summed E-state index contributed by atoms with van der Waals surface area (Å²) >= 11 is 0. The predicted octanol–water partition coefficient (Wildman–Crippen LogP) is 1.62. The van der Waals surface area contributed by atoms with Crippen LogP contribution in [0.5, 0.6) is 0 Å². The van der Waals surface area contributed by atoms with E-state index in [2.05, 4.69) is 28.8 Å². The van der Waals surface area contributed by atoms with Crippen LogP contribution in [-0.2, 0) is 13.0 Å². The normalized spacial score (nSPS) is 11.5. The number of aromatic amines is 1. The van der Waals surface area contributed by atoms with E-state index in [4.69, 9.17) is 5.73 Å². The lowest BCUT2D eigenvalue weighted by Crippen LogP contribution is -1.98. The largest absolute Gasteiger partial charge is 0.340 e. The number of fused-ring (bicyclic) bond motifs is 1. The van der Waals surface area contributed by atoms with Gasteiger partial charge >= 0.3 is 0 Å². The Bertz CT molecular complexity index is 459. The number of nitrogens with two attached hydrogens (primary N) is 1. The lowest BCUT2D eigenvalue weighted by atomic mass is 10.1. The van der Waals surface area contributed by atoms with Gasteiger partial charge in [0.1, 0.15) is 5.82 Å². The second kappa shape index (κ2) is 3.98. The lowest BCUT2D eigenvalue weighted by Gasteiger charge is -1.99. The number of imidazole rings is 1. The van der Waals surface area contributed by atoms with Crippen molar-refractivity contribution < 1.29 is 0 Å². The third-order valence-electron chi connectivity index (χ3n) is 2.35. The zero-order valence-electron chi connectivity index (χ0n) is 9.12. The Labute approximate surface area is 88.9 Å². The van der Waals surface area contributed by atoms with Gasteiger partial charge in [-0.15, -0.1) is 0 Å². The number of hydrogen-bond donors (Lipinski definition) is 2. The average molecular weight is 204 g/mol. The molecule has 2 heterocycles. The second-order valence-electron chi connectivity index (χ2n) is 4.15. The molecule has 0 unspecified atom stereocenters. The standard InChI is InChI=1S/C11H16N4/c1-7(2)5-9-14-10-8(6-12)3-4-13-11(10)15-9/h3-4,7H,5-6,12H2,1-2H3,(H,13,14,15). The molecule has 0 aliphatic rings. The first-order valence-electron chi connectivity index (χ1n) is 5.23. The molecule has 0 spiro atoms. The van der Waals surface area contributed by atoms with Gasteiger partial charge in [-0.3, -0.25) is 0 Å². The molecule has 0 aliphatic carbocycles. The summed E-state index contributed by atoms with van der Waals surface area (Å²) in [5.41, 5.74) is 8.48. The topological polar surface area (TPSA) is 67.6 Å². The van der Waals surface area contributed by atoms with Gasteiger partial charge in [0.2, 0.25) is 0 Å². The number of pyridine rings is 1. The first kappa shape index (κ1) is 10.1. The van der Waals surface area contributed by atoms with Crippen LogP contribution >= 0.6 is 0 Å². The Morgan fingerprint density at radius 1 is 1.47 bits per heavy atom. The summed E-state index contributed by atoms with van der Waals surface area (Å²) in [7, 11) is 0. The van der Waals surface area contributed by atoms with E-state index in [0.29, 0.717) is 12.5 Å². The number of nitrogens with zero attached hydrogens (tertiary/aromatic N) is 2. The van der Waals surface area contributed by atoms with Crippen LogP contribution in [0.2, 0.25) is 0 Å². The van der Waals surface area contributed by atoms with Gasteiger partial charge in [0.15, 0.2) is 5.65 Å². The van der Waals surface area contributed by atoms with Crippen LogP contribution < -0.4 is 5.73 Å². The first-order chi connectivity index (χ1) is 7.20. The van der Waals surface area contributed by atoms with Crippen LogP contribution in [0, 0.1) is 5.92 Å². The van der Waals surface area contributed by atoms with Gasteiger partial charge in [0.05, 0.1) is 5.52 Å². The first-order valence-corrected chi connectivity index (χ1v) is 5.23. The fraction of sp³-hybridized carbons (Fsp3) is 0.455. The van der Waals surface area contributed by atoms with Crippen LogP contribution in [0.15, 0.2) is 12.3 Å². The van der Waals surface area contributed by atoms with Crippen molar-refractivity contribution in [2.75, 3.05) is 0 Å². The maximum Gasteiger partial charge on any atom is 0.178 e. The summed E-state index contributed by atoms with van der Waals surface area (Å²) in [6.07, 6.45) is 2.70. The van der Waals surface area contributed by atoms with Crippen molar-refractivity contribution in [2.45, 2.75) is 26.8 Å². The molecule has 4 nitrogen and oxygen atoms in total. The molecule has 0 radical (unpaired) electrons. The molecule has 4 heteroatoms. The van der Waals surface area contributed by atoms with Gasteiger partial charge in [-0.25, -0.2) is 9.97 Å². The summed E-state index contributed by atoms with van der Waals surface area (Å²) in [4.78, 5) is 12.0. The van der Waals surface area contributed by atoms with Crippen LogP contribution in [0.3, 0.4) is 0 Å². The van der Waals surface area contributed by atoms with Crippen molar-refractivity contribution in [3.63, 3.8) is 0 Å². The Balaban J connectivity index is 2.45. The van der Waals surface area contributed by atoms with Crippen molar-refractivity contribution in [2.24, 2.45) is 11.7 Å². The molecule has 15 heavy (non-hydrogen) atoms. The molecule has 80 valence electrons. The van der Waals surface area contributed by atoms with Crippen molar-refractivity contribution in [1.82, 2.24) is 15.0 Å². The Morgan fingerprint density at radius 2 is 2.27 bits per heavy atom. The monoisotopic (exact) mass is 204 g/mol. The minimum Gasteiger partial charge on any atom is -0.340 e. The van der Waals surface area contributed by atoms with E-state index < -0.39 is 0 Å². The van der Waals surface area contributed by atoms with E-state index >= 15 is 0 Å². The lowest BCUT2D eigenvalue weighted by molar-refractivity contribution is 0.627. The molecule has 0 atom stereocenters. The van der Waals surface area contributed by atoms with E-state index in [0.717, 1.165) is 29.0 Å². The Hall–Kier alpha value is -1.42. The van der Waals surface area contributed by atoms with Crippen LogP contribution in [0.4, 0.5) is 0 Å². The maximum atomic E-state index is 5.65. The molecule has 2 aromatic heterocycles. The molecular weight excluding hydrogens is 188 g/mol. The summed E-state index contributed by atoms with van der Waals surface area (Å²) in [5, 5.41) is 0. The highest BCUT2D eigenvalue weighted by molar-refractivity contribution is 5.74. The molecule has 0 aliphatic heterocycles. The fourth-order valence-corrected chi connectivity index (χ4v) is 1.66. The molecule has 2 aromatic rings. The number of rotatable bonds is 3. The second-order valence-corrected chi connectivity index (χ2v) is 4.15. The van der Waals surface area contributed by atoms with E-state index in [9.17, 15) is 0 Å². The molecule has 0 saturated heterocycles. The van der Waals surface area contributed by atoms with Gasteiger partial charge in [-0.2, -0.15) is 0 Å². The van der Waals surface area contributed by atoms with Gasteiger partial charge in [0, 0.05) is 19.2 Å². The SMILES string of the molecule is CC(C)Cc1nc2nccc(CN)c2[nH]1. The highest BCUT2D eigenvalue weighted by Gasteiger charge is 2.08. The zero-order chi connectivity index (χ0) is 10.8. The average Bonchev–Trinajstić information content (AvgIpc) is 2.58. The summed E-state index contributed by atoms with van der Waals surface area (Å²) in [5.74, 6) is 1.58. The van der Waals surface area contributed by atoms with E-state index in [-0.39, 0.29) is 0 Å². The molecule has 0 saturated carbocycles. The van der Waals surface area contributed by atoms with Crippen LogP contribution in [0.25, 0.3) is 11.2 Å². The highest BCUT2D eigenvalue weighted by Crippen LogP contribution is 2.15. The van der Waals surface area contributed by atoms with Gasteiger partial charge < -0.3 is 10.7 Å². The molecule has 0 aromatic carbocycles. The van der Waals surface area contributed by atoms with Crippen molar-refractivity contribution >= 4 is 11.2 Å². The molecular formula is C11H16N4. The van der Waals surface area contributed by atoms with E-state index in [1.165, 1.54) is 0 Å². The van der Waals surface area contributed by atoms with E-state index in [1.54, 1.807) is 6.20 Å². The van der Waals surface area contributed by atoms with Crippen molar-refractivity contribution in [1.29, 1.82) is 0 Å². The number of H-pyrrole nitrogens is 1. The van der Waals surface area contributed by atoms with Crippen molar-refractivity contribution in [3.05, 3.63) is 23.7 Å². The van der Waals surface area contributed by atoms with Crippen LogP contribution in [-0.4, -0.2) is 15.0 Å². The zero-order valence-corrected chi connectivity index (χ0v) is 9.12. The summed E-state index contributed by atoms with van der Waals surface area (Å²) in [6.45, 7) is 4.86. The Morgan fingerprint density at radius 3 is 2.93 bits per heavy atom. The molecule has 0 bridgehead atoms.